The number of aromatic nitrogens is 3. The summed E-state index contributed by atoms with van der Waals surface area (Å²) in [6, 6.07) is 5.10. The largest absolute Gasteiger partial charge is 0.464 e. The Morgan fingerprint density at radius 1 is 1.48 bits per heavy atom. The van der Waals surface area contributed by atoms with Crippen molar-refractivity contribution in [2.24, 2.45) is 0 Å². The number of hydrogen-bond donors (Lipinski definition) is 1. The van der Waals surface area contributed by atoms with Gasteiger partial charge < -0.3 is 10.1 Å². The summed E-state index contributed by atoms with van der Waals surface area (Å²) >= 11 is 9.28. The van der Waals surface area contributed by atoms with Crippen molar-refractivity contribution >= 4 is 45.1 Å². The lowest BCUT2D eigenvalue weighted by atomic mass is 10.3. The molecule has 2 rings (SSSR count). The van der Waals surface area contributed by atoms with Gasteiger partial charge in [-0.05, 0) is 18.2 Å². The lowest BCUT2D eigenvalue weighted by Crippen LogP contribution is -2.19. The van der Waals surface area contributed by atoms with E-state index >= 15 is 0 Å². The number of amides is 1. The molecule has 2 aromatic rings. The summed E-state index contributed by atoms with van der Waals surface area (Å²) in [5.74, 6) is -0.960. The Balaban J connectivity index is 2.01. The average Bonchev–Trinajstić information content (AvgIpc) is 2.89. The summed E-state index contributed by atoms with van der Waals surface area (Å²) < 4.78 is 6.54. The molecule has 0 fully saturated rings. The van der Waals surface area contributed by atoms with Crippen LogP contribution in [0.15, 0.2) is 28.9 Å². The van der Waals surface area contributed by atoms with Gasteiger partial charge in [0.15, 0.2) is 5.69 Å². The first kappa shape index (κ1) is 15.5. The molecular weight excluding hydrogens is 364 g/mol. The van der Waals surface area contributed by atoms with E-state index in [1.807, 2.05) is 0 Å². The standard InChI is InChI=1S/C12H10BrClN4O3/c1-21-12(20)10-5-18(17-16-10)6-11(19)15-9-3-2-7(13)4-8(9)14/h2-5H,6H2,1H3,(H,15,19). The number of carbonyl (C=O) groups excluding carboxylic acids is 2. The van der Waals surface area contributed by atoms with Gasteiger partial charge in [-0.2, -0.15) is 0 Å². The van der Waals surface area contributed by atoms with E-state index in [0.29, 0.717) is 10.7 Å². The molecule has 0 saturated heterocycles. The van der Waals surface area contributed by atoms with Crippen molar-refractivity contribution in [1.82, 2.24) is 15.0 Å². The number of hydrogen-bond acceptors (Lipinski definition) is 5. The van der Waals surface area contributed by atoms with Crippen LogP contribution in [0.1, 0.15) is 10.5 Å². The van der Waals surface area contributed by atoms with Gasteiger partial charge >= 0.3 is 5.97 Å². The third-order valence-corrected chi connectivity index (χ3v) is 3.25. The highest BCUT2D eigenvalue weighted by Gasteiger charge is 2.13. The molecule has 0 aliphatic rings. The van der Waals surface area contributed by atoms with Crippen molar-refractivity contribution in [3.05, 3.63) is 39.6 Å². The van der Waals surface area contributed by atoms with E-state index in [-0.39, 0.29) is 18.1 Å². The molecule has 0 aliphatic heterocycles. The van der Waals surface area contributed by atoms with Crippen LogP contribution >= 0.6 is 27.5 Å². The van der Waals surface area contributed by atoms with Crippen LogP contribution in [0, 0.1) is 0 Å². The Morgan fingerprint density at radius 3 is 2.90 bits per heavy atom. The number of anilines is 1. The molecule has 0 saturated carbocycles. The van der Waals surface area contributed by atoms with Crippen LogP contribution in [0.5, 0.6) is 0 Å². The van der Waals surface area contributed by atoms with Crippen LogP contribution in [-0.4, -0.2) is 34.0 Å². The van der Waals surface area contributed by atoms with E-state index in [1.165, 1.54) is 18.0 Å². The molecule has 1 N–H and O–H groups in total. The number of esters is 1. The van der Waals surface area contributed by atoms with E-state index in [1.54, 1.807) is 18.2 Å². The Morgan fingerprint density at radius 2 is 2.24 bits per heavy atom. The molecule has 21 heavy (non-hydrogen) atoms. The molecular formula is C12H10BrClN4O3. The number of nitrogens with zero attached hydrogens (tertiary/aromatic N) is 3. The Hall–Kier alpha value is -1.93. The zero-order chi connectivity index (χ0) is 15.4. The van der Waals surface area contributed by atoms with Gasteiger partial charge in [-0.15, -0.1) is 5.10 Å². The van der Waals surface area contributed by atoms with E-state index in [0.717, 1.165) is 4.47 Å². The normalized spacial score (nSPS) is 10.2. The van der Waals surface area contributed by atoms with Gasteiger partial charge in [-0.25, -0.2) is 9.48 Å². The molecule has 0 atom stereocenters. The molecule has 1 aromatic heterocycles. The number of benzene rings is 1. The number of rotatable bonds is 4. The Labute approximate surface area is 133 Å². The van der Waals surface area contributed by atoms with E-state index in [9.17, 15) is 9.59 Å². The first-order valence-electron chi connectivity index (χ1n) is 5.73. The summed E-state index contributed by atoms with van der Waals surface area (Å²) in [7, 11) is 1.24. The number of nitrogens with one attached hydrogen (secondary N) is 1. The van der Waals surface area contributed by atoms with Crippen molar-refractivity contribution in [3.63, 3.8) is 0 Å². The zero-order valence-electron chi connectivity index (χ0n) is 10.8. The lowest BCUT2D eigenvalue weighted by molar-refractivity contribution is -0.116. The highest BCUT2D eigenvalue weighted by atomic mass is 79.9. The van der Waals surface area contributed by atoms with E-state index in [2.05, 4.69) is 36.3 Å². The molecule has 9 heteroatoms. The van der Waals surface area contributed by atoms with Crippen LogP contribution in [0.4, 0.5) is 5.69 Å². The summed E-state index contributed by atoms with van der Waals surface area (Å²) in [6.45, 7) is -0.101. The van der Waals surface area contributed by atoms with Gasteiger partial charge in [-0.3, -0.25) is 4.79 Å². The maximum absolute atomic E-state index is 11.9. The first-order valence-corrected chi connectivity index (χ1v) is 6.90. The number of carbonyl (C=O) groups is 2. The summed E-state index contributed by atoms with van der Waals surface area (Å²) in [4.78, 5) is 23.1. The van der Waals surface area contributed by atoms with E-state index in [4.69, 9.17) is 11.6 Å². The third kappa shape index (κ3) is 4.02. The predicted octanol–water partition coefficient (Wildman–Crippen LogP) is 2.12. The fourth-order valence-corrected chi connectivity index (χ4v) is 2.22. The molecule has 1 heterocycles. The van der Waals surface area contributed by atoms with Crippen molar-refractivity contribution < 1.29 is 14.3 Å². The Kier molecular flexibility index (Phi) is 4.92. The second-order valence-electron chi connectivity index (χ2n) is 3.97. The average molecular weight is 374 g/mol. The fraction of sp³-hybridized carbons (Fsp3) is 0.167. The van der Waals surface area contributed by atoms with Gasteiger partial charge in [0.2, 0.25) is 5.91 Å². The van der Waals surface area contributed by atoms with Crippen molar-refractivity contribution in [1.29, 1.82) is 0 Å². The smallest absolute Gasteiger partial charge is 0.360 e. The number of halogens is 2. The quantitative estimate of drug-likeness (QED) is 0.830. The molecule has 1 amide bonds. The molecule has 0 aliphatic carbocycles. The number of ether oxygens (including phenoxy) is 1. The highest BCUT2D eigenvalue weighted by Crippen LogP contribution is 2.25. The van der Waals surface area contributed by atoms with E-state index < -0.39 is 5.97 Å². The fourth-order valence-electron chi connectivity index (χ4n) is 1.50. The molecule has 0 bridgehead atoms. The first-order chi connectivity index (χ1) is 9.99. The van der Waals surface area contributed by atoms with Crippen LogP contribution < -0.4 is 5.32 Å². The summed E-state index contributed by atoms with van der Waals surface area (Å²) in [6.07, 6.45) is 1.33. The van der Waals surface area contributed by atoms with Gasteiger partial charge in [0, 0.05) is 4.47 Å². The Bertz CT molecular complexity index is 689. The van der Waals surface area contributed by atoms with Crippen molar-refractivity contribution in [2.45, 2.75) is 6.54 Å². The van der Waals surface area contributed by atoms with Crippen LogP contribution in [0.25, 0.3) is 0 Å². The van der Waals surface area contributed by atoms with Gasteiger partial charge in [0.1, 0.15) is 6.54 Å². The third-order valence-electron chi connectivity index (χ3n) is 2.44. The minimum atomic E-state index is -0.613. The monoisotopic (exact) mass is 372 g/mol. The highest BCUT2D eigenvalue weighted by molar-refractivity contribution is 9.10. The maximum atomic E-state index is 11.9. The molecule has 0 radical (unpaired) electrons. The van der Waals surface area contributed by atoms with Crippen molar-refractivity contribution in [3.8, 4) is 0 Å². The molecule has 110 valence electrons. The zero-order valence-corrected chi connectivity index (χ0v) is 13.2. The summed E-state index contributed by atoms with van der Waals surface area (Å²) in [5.41, 5.74) is 0.519. The van der Waals surface area contributed by atoms with Gasteiger partial charge in [0.25, 0.3) is 0 Å². The molecule has 0 unspecified atom stereocenters. The van der Waals surface area contributed by atoms with Crippen LogP contribution in [0.3, 0.4) is 0 Å². The number of methoxy groups -OCH3 is 1. The summed E-state index contributed by atoms with van der Waals surface area (Å²) in [5, 5.41) is 10.3. The van der Waals surface area contributed by atoms with Crippen molar-refractivity contribution in [2.75, 3.05) is 12.4 Å². The van der Waals surface area contributed by atoms with Gasteiger partial charge in [-0.1, -0.05) is 32.7 Å². The minimum absolute atomic E-state index is 0.0342. The SMILES string of the molecule is COC(=O)c1cn(CC(=O)Nc2ccc(Br)cc2Cl)nn1. The van der Waals surface area contributed by atoms with Gasteiger partial charge in [0.05, 0.1) is 24.0 Å². The minimum Gasteiger partial charge on any atom is -0.464 e. The molecule has 7 nitrogen and oxygen atoms in total. The van der Waals surface area contributed by atoms with Crippen LogP contribution in [0.2, 0.25) is 5.02 Å². The second-order valence-corrected chi connectivity index (χ2v) is 5.29. The lowest BCUT2D eigenvalue weighted by Gasteiger charge is -2.07. The van der Waals surface area contributed by atoms with Crippen LogP contribution in [-0.2, 0) is 16.1 Å². The molecule has 0 spiro atoms. The molecule has 1 aromatic carbocycles. The predicted molar refractivity (Wildman–Crippen MR) is 79.1 cm³/mol. The second kappa shape index (κ2) is 6.68. The maximum Gasteiger partial charge on any atom is 0.360 e. The topological polar surface area (TPSA) is 86.1 Å².